The van der Waals surface area contributed by atoms with Gasteiger partial charge in [0.25, 0.3) is 0 Å². The number of anilines is 2. The molecule has 0 saturated heterocycles. The Labute approximate surface area is 124 Å². The van der Waals surface area contributed by atoms with Crippen molar-refractivity contribution in [3.05, 3.63) is 59.7 Å². The summed E-state index contributed by atoms with van der Waals surface area (Å²) in [4.78, 5) is 0. The van der Waals surface area contributed by atoms with Crippen LogP contribution in [0.15, 0.2) is 48.5 Å². The maximum absolute atomic E-state index is 8.74. The Morgan fingerprint density at radius 3 is 1.95 bits per heavy atom. The minimum Gasteiger partial charge on any atom is -0.332 e. The molecule has 0 aliphatic rings. The number of rotatable bonds is 3. The molecule has 0 aliphatic heterocycles. The van der Waals surface area contributed by atoms with E-state index in [2.05, 4.69) is 35.8 Å². The molecule has 0 radical (unpaired) electrons. The highest BCUT2D eigenvalue weighted by Crippen LogP contribution is 2.12. The summed E-state index contributed by atoms with van der Waals surface area (Å²) >= 11 is 5.25. The second-order valence-electron chi connectivity index (χ2n) is 4.32. The van der Waals surface area contributed by atoms with Gasteiger partial charge in [-0.2, -0.15) is 5.26 Å². The molecule has 0 spiro atoms. The lowest BCUT2D eigenvalue weighted by Gasteiger charge is -2.11. The van der Waals surface area contributed by atoms with Crippen LogP contribution in [-0.4, -0.2) is 5.11 Å². The highest BCUT2D eigenvalue weighted by atomic mass is 32.1. The topological polar surface area (TPSA) is 47.8 Å². The maximum Gasteiger partial charge on any atom is 0.175 e. The largest absolute Gasteiger partial charge is 0.332 e. The molecule has 2 aromatic carbocycles. The quantitative estimate of drug-likeness (QED) is 0.837. The van der Waals surface area contributed by atoms with E-state index in [4.69, 9.17) is 17.5 Å². The molecule has 0 aromatic heterocycles. The molecule has 4 heteroatoms. The second kappa shape index (κ2) is 6.69. The van der Waals surface area contributed by atoms with Crippen LogP contribution in [0.25, 0.3) is 0 Å². The molecule has 0 unspecified atom stereocenters. The number of hydrogen-bond donors (Lipinski definition) is 2. The fraction of sp³-hybridized carbons (Fsp3) is 0.125. The Balaban J connectivity index is 1.95. The van der Waals surface area contributed by atoms with Gasteiger partial charge >= 0.3 is 0 Å². The average molecular weight is 281 g/mol. The van der Waals surface area contributed by atoms with Gasteiger partial charge in [0.2, 0.25) is 0 Å². The summed E-state index contributed by atoms with van der Waals surface area (Å²) < 4.78 is 0. The number of nitrogens with one attached hydrogen (secondary N) is 2. The molecule has 3 nitrogen and oxygen atoms in total. The summed E-state index contributed by atoms with van der Waals surface area (Å²) in [6, 6.07) is 17.4. The van der Waals surface area contributed by atoms with Crippen LogP contribution < -0.4 is 10.6 Å². The Kier molecular flexibility index (Phi) is 4.70. The van der Waals surface area contributed by atoms with Crippen molar-refractivity contribution < 1.29 is 0 Å². The van der Waals surface area contributed by atoms with E-state index in [9.17, 15) is 0 Å². The van der Waals surface area contributed by atoms with Gasteiger partial charge < -0.3 is 10.6 Å². The molecule has 20 heavy (non-hydrogen) atoms. The van der Waals surface area contributed by atoms with Crippen molar-refractivity contribution in [2.75, 3.05) is 10.6 Å². The van der Waals surface area contributed by atoms with Gasteiger partial charge in [0, 0.05) is 11.4 Å². The zero-order chi connectivity index (χ0) is 14.4. The smallest absolute Gasteiger partial charge is 0.175 e. The van der Waals surface area contributed by atoms with Crippen molar-refractivity contribution in [3.8, 4) is 6.07 Å². The SMILES string of the molecule is CCc1ccc(NC(=S)Nc2ccc(C#N)cc2)cc1. The summed E-state index contributed by atoms with van der Waals surface area (Å²) in [5.74, 6) is 0. The van der Waals surface area contributed by atoms with Crippen molar-refractivity contribution in [1.82, 2.24) is 0 Å². The standard InChI is InChI=1S/C16H15N3S/c1-2-12-3-7-14(8-4-12)18-16(20)19-15-9-5-13(11-17)6-10-15/h3-10H,2H2,1H3,(H2,18,19,20). The lowest BCUT2D eigenvalue weighted by molar-refractivity contribution is 1.14. The summed E-state index contributed by atoms with van der Waals surface area (Å²) in [6.07, 6.45) is 1.02. The van der Waals surface area contributed by atoms with E-state index in [1.165, 1.54) is 5.56 Å². The first-order valence-electron chi connectivity index (χ1n) is 6.38. The van der Waals surface area contributed by atoms with Gasteiger partial charge in [0.1, 0.15) is 0 Å². The van der Waals surface area contributed by atoms with E-state index in [0.29, 0.717) is 10.7 Å². The van der Waals surface area contributed by atoms with E-state index in [-0.39, 0.29) is 0 Å². The number of benzene rings is 2. The molecule has 100 valence electrons. The lowest BCUT2D eigenvalue weighted by Crippen LogP contribution is -2.18. The van der Waals surface area contributed by atoms with E-state index in [1.54, 1.807) is 12.1 Å². The number of nitrogens with zero attached hydrogens (tertiary/aromatic N) is 1. The molecule has 0 fully saturated rings. The van der Waals surface area contributed by atoms with Gasteiger partial charge in [0.05, 0.1) is 11.6 Å². The zero-order valence-electron chi connectivity index (χ0n) is 11.2. The second-order valence-corrected chi connectivity index (χ2v) is 4.73. The Hall–Kier alpha value is -2.38. The summed E-state index contributed by atoms with van der Waals surface area (Å²) in [6.45, 7) is 2.12. The monoisotopic (exact) mass is 281 g/mol. The van der Waals surface area contributed by atoms with E-state index < -0.39 is 0 Å². The van der Waals surface area contributed by atoms with Crippen LogP contribution in [0, 0.1) is 11.3 Å². The predicted molar refractivity (Wildman–Crippen MR) is 86.8 cm³/mol. The van der Waals surface area contributed by atoms with Gasteiger partial charge in [0.15, 0.2) is 5.11 Å². The van der Waals surface area contributed by atoms with Crippen LogP contribution in [0.3, 0.4) is 0 Å². The van der Waals surface area contributed by atoms with Crippen molar-refractivity contribution in [1.29, 1.82) is 5.26 Å². The molecule has 0 aliphatic carbocycles. The summed E-state index contributed by atoms with van der Waals surface area (Å²) in [5, 5.41) is 15.5. The maximum atomic E-state index is 8.74. The van der Waals surface area contributed by atoms with E-state index in [0.717, 1.165) is 17.8 Å². The third-order valence-corrected chi connectivity index (χ3v) is 3.10. The third-order valence-electron chi connectivity index (χ3n) is 2.89. The highest BCUT2D eigenvalue weighted by Gasteiger charge is 1.99. The number of thiocarbonyl (C=S) groups is 1. The van der Waals surface area contributed by atoms with E-state index in [1.807, 2.05) is 24.3 Å². The van der Waals surface area contributed by atoms with Gasteiger partial charge in [-0.1, -0.05) is 19.1 Å². The normalized spacial score (nSPS) is 9.60. The minimum atomic E-state index is 0.527. The Morgan fingerprint density at radius 2 is 1.50 bits per heavy atom. The van der Waals surface area contributed by atoms with Crippen molar-refractivity contribution in [3.63, 3.8) is 0 Å². The molecular weight excluding hydrogens is 266 g/mol. The van der Waals surface area contributed by atoms with Crippen LogP contribution in [0.1, 0.15) is 18.1 Å². The van der Waals surface area contributed by atoms with Crippen molar-refractivity contribution in [2.24, 2.45) is 0 Å². The van der Waals surface area contributed by atoms with Crippen LogP contribution in [-0.2, 0) is 6.42 Å². The van der Waals surface area contributed by atoms with Crippen LogP contribution in [0.4, 0.5) is 11.4 Å². The predicted octanol–water partition coefficient (Wildman–Crippen LogP) is 3.93. The molecule has 0 atom stereocenters. The highest BCUT2D eigenvalue weighted by molar-refractivity contribution is 7.80. The van der Waals surface area contributed by atoms with Crippen LogP contribution in [0.2, 0.25) is 0 Å². The molecule has 0 saturated carbocycles. The zero-order valence-corrected chi connectivity index (χ0v) is 12.0. The van der Waals surface area contributed by atoms with Gasteiger partial charge in [-0.05, 0) is 60.6 Å². The van der Waals surface area contributed by atoms with E-state index >= 15 is 0 Å². The molecule has 0 amide bonds. The van der Waals surface area contributed by atoms with Crippen molar-refractivity contribution >= 4 is 28.7 Å². The summed E-state index contributed by atoms with van der Waals surface area (Å²) in [5.41, 5.74) is 3.73. The number of aryl methyl sites for hydroxylation is 1. The first-order valence-corrected chi connectivity index (χ1v) is 6.79. The molecule has 0 bridgehead atoms. The van der Waals surface area contributed by atoms with Gasteiger partial charge in [-0.25, -0.2) is 0 Å². The fourth-order valence-corrected chi connectivity index (χ4v) is 1.98. The van der Waals surface area contributed by atoms with Crippen LogP contribution >= 0.6 is 12.2 Å². The molecule has 0 heterocycles. The minimum absolute atomic E-state index is 0.527. The molecule has 2 rings (SSSR count). The fourth-order valence-electron chi connectivity index (χ4n) is 1.75. The summed E-state index contributed by atoms with van der Waals surface area (Å²) in [7, 11) is 0. The van der Waals surface area contributed by atoms with Gasteiger partial charge in [-0.15, -0.1) is 0 Å². The third kappa shape index (κ3) is 3.81. The lowest BCUT2D eigenvalue weighted by atomic mass is 10.1. The van der Waals surface area contributed by atoms with Gasteiger partial charge in [-0.3, -0.25) is 0 Å². The number of nitriles is 1. The first kappa shape index (κ1) is 14.0. The van der Waals surface area contributed by atoms with Crippen molar-refractivity contribution in [2.45, 2.75) is 13.3 Å². The molecule has 2 N–H and O–H groups in total. The Bertz CT molecular complexity index is 624. The molecule has 2 aromatic rings. The Morgan fingerprint density at radius 1 is 1.00 bits per heavy atom. The van der Waals surface area contributed by atoms with Crippen LogP contribution in [0.5, 0.6) is 0 Å². The molecular formula is C16H15N3S. The number of hydrogen-bond acceptors (Lipinski definition) is 2. The first-order chi connectivity index (χ1) is 9.71. The average Bonchev–Trinajstić information content (AvgIpc) is 2.49.